The highest BCUT2D eigenvalue weighted by atomic mass is 19.1. The zero-order chi connectivity index (χ0) is 16.8. The fourth-order valence-electron chi connectivity index (χ4n) is 2.24. The quantitative estimate of drug-likeness (QED) is 0.890. The molecule has 1 amide bonds. The van der Waals surface area contributed by atoms with Gasteiger partial charge in [0.25, 0.3) is 5.91 Å². The molecule has 122 valence electrons. The number of carbonyl (C=O) groups is 1. The number of hydrogen-bond donors (Lipinski definition) is 1. The number of ether oxygens (including phenoxy) is 2. The molecular weight excluding hydrogens is 297 g/mol. The number of benzene rings is 2. The van der Waals surface area contributed by atoms with Crippen LogP contribution in [0.15, 0.2) is 36.4 Å². The first-order valence-electron chi connectivity index (χ1n) is 7.30. The molecule has 0 fully saturated rings. The summed E-state index contributed by atoms with van der Waals surface area (Å²) in [5, 5.41) is 2.83. The lowest BCUT2D eigenvalue weighted by atomic mass is 10.1. The van der Waals surface area contributed by atoms with Crippen molar-refractivity contribution in [3.63, 3.8) is 0 Å². The van der Waals surface area contributed by atoms with E-state index in [1.165, 1.54) is 12.1 Å². The molecule has 0 unspecified atom stereocenters. The van der Waals surface area contributed by atoms with E-state index < -0.39 is 0 Å². The number of aryl methyl sites for hydroxylation is 1. The maximum Gasteiger partial charge on any atom is 0.251 e. The Morgan fingerprint density at radius 3 is 2.48 bits per heavy atom. The summed E-state index contributed by atoms with van der Waals surface area (Å²) in [5.41, 5.74) is 1.94. The molecule has 0 heterocycles. The lowest BCUT2D eigenvalue weighted by Gasteiger charge is -2.10. The molecule has 1 N–H and O–H groups in total. The third-order valence-electron chi connectivity index (χ3n) is 3.57. The van der Waals surface area contributed by atoms with Crippen LogP contribution in [-0.2, 0) is 6.42 Å². The van der Waals surface area contributed by atoms with Crippen LogP contribution in [0.25, 0.3) is 0 Å². The van der Waals surface area contributed by atoms with Gasteiger partial charge in [0.15, 0.2) is 11.5 Å². The second-order valence-corrected chi connectivity index (χ2v) is 5.16. The Bertz CT molecular complexity index is 701. The van der Waals surface area contributed by atoms with E-state index in [0.717, 1.165) is 5.56 Å². The minimum atomic E-state index is -0.313. The van der Waals surface area contributed by atoms with Gasteiger partial charge in [0.1, 0.15) is 5.82 Å². The molecule has 0 atom stereocenters. The number of amides is 1. The third kappa shape index (κ3) is 4.22. The molecule has 0 bridgehead atoms. The van der Waals surface area contributed by atoms with E-state index in [0.29, 0.717) is 35.6 Å². The third-order valence-corrected chi connectivity index (χ3v) is 3.57. The van der Waals surface area contributed by atoms with Crippen LogP contribution in [0.5, 0.6) is 11.5 Å². The summed E-state index contributed by atoms with van der Waals surface area (Å²) < 4.78 is 23.7. The second kappa shape index (κ2) is 7.63. The number of nitrogens with one attached hydrogen (secondary N) is 1. The normalized spacial score (nSPS) is 10.3. The molecule has 0 radical (unpaired) electrons. The summed E-state index contributed by atoms with van der Waals surface area (Å²) in [6.07, 6.45) is 0.659. The molecular formula is C18H20FNO3. The van der Waals surface area contributed by atoms with Crippen molar-refractivity contribution in [2.75, 3.05) is 20.8 Å². The van der Waals surface area contributed by atoms with Crippen molar-refractivity contribution in [2.45, 2.75) is 13.3 Å². The molecule has 2 rings (SSSR count). The van der Waals surface area contributed by atoms with Crippen LogP contribution in [0, 0.1) is 12.7 Å². The summed E-state index contributed by atoms with van der Waals surface area (Å²) in [5.74, 6) is 0.799. The molecule has 0 spiro atoms. The first-order valence-corrected chi connectivity index (χ1v) is 7.30. The Balaban J connectivity index is 1.94. The first-order chi connectivity index (χ1) is 11.0. The highest BCUT2D eigenvalue weighted by Crippen LogP contribution is 2.27. The minimum absolute atomic E-state index is 0.214. The maximum absolute atomic E-state index is 13.2. The smallest absolute Gasteiger partial charge is 0.251 e. The van der Waals surface area contributed by atoms with Crippen LogP contribution < -0.4 is 14.8 Å². The van der Waals surface area contributed by atoms with Crippen LogP contribution in [0.2, 0.25) is 0 Å². The molecule has 4 nitrogen and oxygen atoms in total. The van der Waals surface area contributed by atoms with E-state index in [1.807, 2.05) is 18.2 Å². The predicted octanol–water partition coefficient (Wildman–Crippen LogP) is 3.12. The van der Waals surface area contributed by atoms with Crippen molar-refractivity contribution in [1.29, 1.82) is 0 Å². The van der Waals surface area contributed by atoms with Gasteiger partial charge in [0.05, 0.1) is 14.2 Å². The van der Waals surface area contributed by atoms with Gasteiger partial charge in [-0.1, -0.05) is 6.07 Å². The molecule has 2 aromatic carbocycles. The highest BCUT2D eigenvalue weighted by molar-refractivity contribution is 5.94. The van der Waals surface area contributed by atoms with Gasteiger partial charge in [-0.25, -0.2) is 4.39 Å². The van der Waals surface area contributed by atoms with Crippen LogP contribution in [0.1, 0.15) is 21.5 Å². The van der Waals surface area contributed by atoms with E-state index in [1.54, 1.807) is 27.2 Å². The minimum Gasteiger partial charge on any atom is -0.493 e. The molecule has 0 aromatic heterocycles. The molecule has 0 aliphatic heterocycles. The first kappa shape index (κ1) is 16.8. The van der Waals surface area contributed by atoms with Gasteiger partial charge < -0.3 is 14.8 Å². The van der Waals surface area contributed by atoms with Crippen LogP contribution >= 0.6 is 0 Å². The molecule has 23 heavy (non-hydrogen) atoms. The van der Waals surface area contributed by atoms with Crippen LogP contribution in [0.4, 0.5) is 4.39 Å². The van der Waals surface area contributed by atoms with Crippen molar-refractivity contribution in [3.05, 3.63) is 58.9 Å². The van der Waals surface area contributed by atoms with E-state index in [9.17, 15) is 9.18 Å². The predicted molar refractivity (Wildman–Crippen MR) is 86.7 cm³/mol. The summed E-state index contributed by atoms with van der Waals surface area (Å²) >= 11 is 0. The Morgan fingerprint density at radius 1 is 1.09 bits per heavy atom. The lowest BCUT2D eigenvalue weighted by Crippen LogP contribution is -2.25. The Hall–Kier alpha value is -2.56. The number of methoxy groups -OCH3 is 2. The average molecular weight is 317 g/mol. The SMILES string of the molecule is COc1ccc(CCNC(=O)c2ccc(F)c(C)c2)cc1OC. The number of hydrogen-bond acceptors (Lipinski definition) is 3. The van der Waals surface area contributed by atoms with Crippen LogP contribution in [-0.4, -0.2) is 26.7 Å². The van der Waals surface area contributed by atoms with E-state index >= 15 is 0 Å². The summed E-state index contributed by atoms with van der Waals surface area (Å²) in [6, 6.07) is 9.97. The molecule has 0 aliphatic carbocycles. The van der Waals surface area contributed by atoms with Crippen molar-refractivity contribution in [3.8, 4) is 11.5 Å². The van der Waals surface area contributed by atoms with Gasteiger partial charge in [0.2, 0.25) is 0 Å². The summed E-state index contributed by atoms with van der Waals surface area (Å²) in [6.45, 7) is 2.11. The fourth-order valence-corrected chi connectivity index (χ4v) is 2.24. The van der Waals surface area contributed by atoms with E-state index in [4.69, 9.17) is 9.47 Å². The Labute approximate surface area is 135 Å². The zero-order valence-corrected chi connectivity index (χ0v) is 13.5. The summed E-state index contributed by atoms with van der Waals surface area (Å²) in [7, 11) is 3.17. The van der Waals surface area contributed by atoms with Crippen molar-refractivity contribution in [2.24, 2.45) is 0 Å². The van der Waals surface area contributed by atoms with Crippen molar-refractivity contribution in [1.82, 2.24) is 5.32 Å². The van der Waals surface area contributed by atoms with Gasteiger partial charge in [-0.15, -0.1) is 0 Å². The molecule has 0 saturated carbocycles. The Morgan fingerprint density at radius 2 is 1.83 bits per heavy atom. The fraction of sp³-hybridized carbons (Fsp3) is 0.278. The topological polar surface area (TPSA) is 47.6 Å². The van der Waals surface area contributed by atoms with Crippen molar-refractivity contribution < 1.29 is 18.7 Å². The largest absolute Gasteiger partial charge is 0.493 e. The Kier molecular flexibility index (Phi) is 5.57. The van der Waals surface area contributed by atoms with E-state index in [-0.39, 0.29) is 11.7 Å². The number of halogens is 1. The maximum atomic E-state index is 13.2. The van der Waals surface area contributed by atoms with Gasteiger partial charge in [-0.3, -0.25) is 4.79 Å². The van der Waals surface area contributed by atoms with Gasteiger partial charge in [-0.2, -0.15) is 0 Å². The molecule has 2 aromatic rings. The van der Waals surface area contributed by atoms with Gasteiger partial charge in [-0.05, 0) is 54.8 Å². The molecule has 5 heteroatoms. The average Bonchev–Trinajstić information content (AvgIpc) is 2.57. The second-order valence-electron chi connectivity index (χ2n) is 5.16. The van der Waals surface area contributed by atoms with Crippen LogP contribution in [0.3, 0.4) is 0 Å². The highest BCUT2D eigenvalue weighted by Gasteiger charge is 2.08. The monoisotopic (exact) mass is 317 g/mol. The number of carbonyl (C=O) groups excluding carboxylic acids is 1. The zero-order valence-electron chi connectivity index (χ0n) is 13.5. The van der Waals surface area contributed by atoms with E-state index in [2.05, 4.69) is 5.32 Å². The van der Waals surface area contributed by atoms with Gasteiger partial charge in [0, 0.05) is 12.1 Å². The van der Waals surface area contributed by atoms with Crippen molar-refractivity contribution >= 4 is 5.91 Å². The number of rotatable bonds is 6. The van der Waals surface area contributed by atoms with Gasteiger partial charge >= 0.3 is 0 Å². The molecule has 0 aliphatic rings. The summed E-state index contributed by atoms with van der Waals surface area (Å²) in [4.78, 5) is 12.0. The standard InChI is InChI=1S/C18H20FNO3/c1-12-10-14(5-6-15(12)19)18(21)20-9-8-13-4-7-16(22-2)17(11-13)23-3/h4-7,10-11H,8-9H2,1-3H3,(H,20,21). The molecule has 0 saturated heterocycles. The lowest BCUT2D eigenvalue weighted by molar-refractivity contribution is 0.0954.